The number of aryl methyl sites for hydroxylation is 1. The first-order chi connectivity index (χ1) is 12.2. The molecular weight excluding hydrogens is 314 g/mol. The van der Waals surface area contributed by atoms with E-state index in [-0.39, 0.29) is 5.56 Å². The first kappa shape index (κ1) is 16.0. The van der Waals surface area contributed by atoms with E-state index in [1.807, 2.05) is 31.3 Å². The normalized spacial score (nSPS) is 16.5. The van der Waals surface area contributed by atoms with Crippen LogP contribution in [0.1, 0.15) is 24.1 Å². The molecule has 0 atom stereocenters. The number of nitrogens with zero attached hydrogens (tertiary/aromatic N) is 5. The fraction of sp³-hybridized carbons (Fsp3) is 0.421. The number of rotatable bonds is 4. The molecule has 0 aliphatic carbocycles. The summed E-state index contributed by atoms with van der Waals surface area (Å²) in [5, 5.41) is 0. The van der Waals surface area contributed by atoms with Crippen LogP contribution in [0, 0.1) is 12.8 Å². The molecule has 4 heterocycles. The highest BCUT2D eigenvalue weighted by Crippen LogP contribution is 2.20. The molecular formula is C19H23N5O. The molecule has 3 aromatic heterocycles. The van der Waals surface area contributed by atoms with Crippen LogP contribution in [0.15, 0.2) is 47.9 Å². The van der Waals surface area contributed by atoms with Gasteiger partial charge in [-0.05, 0) is 50.9 Å². The van der Waals surface area contributed by atoms with Crippen LogP contribution in [0.25, 0.3) is 5.65 Å². The zero-order valence-electron chi connectivity index (χ0n) is 14.5. The van der Waals surface area contributed by atoms with Gasteiger partial charge in [-0.3, -0.25) is 14.3 Å². The fourth-order valence-electron chi connectivity index (χ4n) is 3.59. The Kier molecular flexibility index (Phi) is 4.36. The summed E-state index contributed by atoms with van der Waals surface area (Å²) < 4.78 is 3.83. The van der Waals surface area contributed by atoms with Crippen molar-refractivity contribution in [2.75, 3.05) is 13.1 Å². The summed E-state index contributed by atoms with van der Waals surface area (Å²) in [7, 11) is 0. The molecule has 0 bridgehead atoms. The monoisotopic (exact) mass is 337 g/mol. The summed E-state index contributed by atoms with van der Waals surface area (Å²) in [4.78, 5) is 23.4. The second kappa shape index (κ2) is 6.80. The number of pyridine rings is 1. The van der Waals surface area contributed by atoms with Crippen molar-refractivity contribution in [3.63, 3.8) is 0 Å². The molecule has 0 radical (unpaired) electrons. The molecule has 0 N–H and O–H groups in total. The van der Waals surface area contributed by atoms with Crippen molar-refractivity contribution in [2.45, 2.75) is 32.9 Å². The predicted molar refractivity (Wildman–Crippen MR) is 96.4 cm³/mol. The second-order valence-electron chi connectivity index (χ2n) is 6.95. The highest BCUT2D eigenvalue weighted by Gasteiger charge is 2.20. The topological polar surface area (TPSA) is 55.4 Å². The number of fused-ring (bicyclic) bond motifs is 1. The van der Waals surface area contributed by atoms with Gasteiger partial charge in [-0.25, -0.2) is 9.97 Å². The average molecular weight is 337 g/mol. The molecule has 1 fully saturated rings. The van der Waals surface area contributed by atoms with Crippen LogP contribution in [-0.2, 0) is 13.1 Å². The van der Waals surface area contributed by atoms with Gasteiger partial charge in [0.05, 0.1) is 12.0 Å². The van der Waals surface area contributed by atoms with Crippen LogP contribution in [-0.4, -0.2) is 36.9 Å². The van der Waals surface area contributed by atoms with E-state index in [1.165, 1.54) is 0 Å². The van der Waals surface area contributed by atoms with Crippen molar-refractivity contribution in [2.24, 2.45) is 5.92 Å². The maximum Gasteiger partial charge on any atom is 0.256 e. The Morgan fingerprint density at radius 3 is 2.88 bits per heavy atom. The largest absolute Gasteiger partial charge is 0.307 e. The van der Waals surface area contributed by atoms with Gasteiger partial charge in [-0.15, -0.1) is 0 Å². The quantitative estimate of drug-likeness (QED) is 0.732. The van der Waals surface area contributed by atoms with Gasteiger partial charge in [0.15, 0.2) is 0 Å². The van der Waals surface area contributed by atoms with Crippen LogP contribution >= 0.6 is 0 Å². The molecule has 0 unspecified atom stereocenters. The van der Waals surface area contributed by atoms with Gasteiger partial charge in [-0.2, -0.15) is 0 Å². The first-order valence-corrected chi connectivity index (χ1v) is 8.85. The van der Waals surface area contributed by atoms with Crippen LogP contribution in [0.3, 0.4) is 0 Å². The third-order valence-corrected chi connectivity index (χ3v) is 5.03. The summed E-state index contributed by atoms with van der Waals surface area (Å²) in [6.45, 7) is 5.58. The Labute approximate surface area is 146 Å². The molecule has 6 nitrogen and oxygen atoms in total. The van der Waals surface area contributed by atoms with Crippen molar-refractivity contribution in [1.29, 1.82) is 0 Å². The minimum atomic E-state index is 0.0853. The van der Waals surface area contributed by atoms with Crippen molar-refractivity contribution >= 4 is 5.65 Å². The molecule has 1 saturated heterocycles. The molecule has 0 spiro atoms. The third-order valence-electron chi connectivity index (χ3n) is 5.03. The smallest absolute Gasteiger partial charge is 0.256 e. The SMILES string of the molecule is Cc1cncn(CC2CCN(Cc3cn4ccccc4n3)CC2)c1=O. The number of hydrogen-bond donors (Lipinski definition) is 0. The van der Waals surface area contributed by atoms with Crippen LogP contribution in [0.5, 0.6) is 0 Å². The lowest BCUT2D eigenvalue weighted by Crippen LogP contribution is -2.36. The minimum absolute atomic E-state index is 0.0853. The lowest BCUT2D eigenvalue weighted by Gasteiger charge is -2.31. The molecule has 0 saturated carbocycles. The minimum Gasteiger partial charge on any atom is -0.307 e. The lowest BCUT2D eigenvalue weighted by molar-refractivity contribution is 0.165. The van der Waals surface area contributed by atoms with Gasteiger partial charge in [-0.1, -0.05) is 6.07 Å². The maximum atomic E-state index is 12.1. The molecule has 4 rings (SSSR count). The Hall–Kier alpha value is -2.47. The summed E-state index contributed by atoms with van der Waals surface area (Å²) in [6, 6.07) is 6.06. The van der Waals surface area contributed by atoms with E-state index >= 15 is 0 Å². The second-order valence-corrected chi connectivity index (χ2v) is 6.95. The highest BCUT2D eigenvalue weighted by molar-refractivity contribution is 5.39. The van der Waals surface area contributed by atoms with Crippen molar-refractivity contribution in [3.8, 4) is 0 Å². The Morgan fingerprint density at radius 2 is 2.08 bits per heavy atom. The van der Waals surface area contributed by atoms with Crippen molar-refractivity contribution in [1.82, 2.24) is 23.8 Å². The van der Waals surface area contributed by atoms with Crippen LogP contribution < -0.4 is 5.56 Å². The molecule has 1 aliphatic heterocycles. The highest BCUT2D eigenvalue weighted by atomic mass is 16.1. The molecule has 130 valence electrons. The number of imidazole rings is 1. The van der Waals surface area contributed by atoms with Gasteiger partial charge >= 0.3 is 0 Å². The molecule has 1 aliphatic rings. The number of piperidine rings is 1. The van der Waals surface area contributed by atoms with E-state index in [0.29, 0.717) is 11.5 Å². The van der Waals surface area contributed by atoms with E-state index in [1.54, 1.807) is 17.1 Å². The molecule has 0 aromatic carbocycles. The van der Waals surface area contributed by atoms with E-state index in [9.17, 15) is 4.79 Å². The Balaban J connectivity index is 1.35. The number of aromatic nitrogens is 4. The van der Waals surface area contributed by atoms with Gasteiger partial charge in [0.25, 0.3) is 5.56 Å². The summed E-state index contributed by atoms with van der Waals surface area (Å²) in [5.41, 5.74) is 2.91. The van der Waals surface area contributed by atoms with E-state index in [2.05, 4.69) is 25.5 Å². The Bertz CT molecular complexity index is 888. The van der Waals surface area contributed by atoms with Gasteiger partial charge in [0.2, 0.25) is 0 Å². The number of hydrogen-bond acceptors (Lipinski definition) is 4. The average Bonchev–Trinajstić information content (AvgIpc) is 3.03. The lowest BCUT2D eigenvalue weighted by atomic mass is 9.96. The van der Waals surface area contributed by atoms with Gasteiger partial charge < -0.3 is 4.40 Å². The van der Waals surface area contributed by atoms with Crippen LogP contribution in [0.4, 0.5) is 0 Å². The van der Waals surface area contributed by atoms with E-state index < -0.39 is 0 Å². The van der Waals surface area contributed by atoms with E-state index in [4.69, 9.17) is 0 Å². The van der Waals surface area contributed by atoms with Crippen molar-refractivity contribution in [3.05, 3.63) is 64.7 Å². The van der Waals surface area contributed by atoms with Gasteiger partial charge in [0, 0.05) is 37.2 Å². The Morgan fingerprint density at radius 1 is 1.24 bits per heavy atom. The molecule has 6 heteroatoms. The summed E-state index contributed by atoms with van der Waals surface area (Å²) >= 11 is 0. The first-order valence-electron chi connectivity index (χ1n) is 8.85. The predicted octanol–water partition coefficient (Wildman–Crippen LogP) is 2.11. The summed E-state index contributed by atoms with van der Waals surface area (Å²) in [6.07, 6.45) is 9.65. The maximum absolute atomic E-state index is 12.1. The molecule has 25 heavy (non-hydrogen) atoms. The van der Waals surface area contributed by atoms with Crippen LogP contribution in [0.2, 0.25) is 0 Å². The third kappa shape index (κ3) is 3.49. The van der Waals surface area contributed by atoms with Crippen molar-refractivity contribution < 1.29 is 0 Å². The standard InChI is InChI=1S/C19H23N5O/c1-15-10-20-14-24(19(15)25)11-16-5-8-22(9-6-16)12-17-13-23-7-3-2-4-18(23)21-17/h2-4,7,10,13-14,16H,5-6,8-9,11-12H2,1H3. The van der Waals surface area contributed by atoms with Gasteiger partial charge in [0.1, 0.15) is 5.65 Å². The zero-order valence-corrected chi connectivity index (χ0v) is 14.5. The summed E-state index contributed by atoms with van der Waals surface area (Å²) in [5.74, 6) is 0.540. The zero-order chi connectivity index (χ0) is 17.2. The fourth-order valence-corrected chi connectivity index (χ4v) is 3.59. The van der Waals surface area contributed by atoms with E-state index in [0.717, 1.165) is 50.4 Å². The molecule has 3 aromatic rings. The number of likely N-dealkylation sites (tertiary alicyclic amines) is 1. The molecule has 0 amide bonds.